The van der Waals surface area contributed by atoms with Crippen molar-refractivity contribution in [2.75, 3.05) is 20.1 Å². The van der Waals surface area contributed by atoms with Gasteiger partial charge in [-0.2, -0.15) is 5.10 Å². The van der Waals surface area contributed by atoms with Crippen LogP contribution in [0, 0.1) is 5.41 Å². The highest BCUT2D eigenvalue weighted by Crippen LogP contribution is 2.38. The van der Waals surface area contributed by atoms with Crippen LogP contribution in [0.15, 0.2) is 35.4 Å². The second-order valence-electron chi connectivity index (χ2n) is 9.55. The average Bonchev–Trinajstić information content (AvgIpc) is 3.00. The quantitative estimate of drug-likeness (QED) is 0.557. The number of nitrogens with zero attached hydrogens (tertiary/aromatic N) is 3. The van der Waals surface area contributed by atoms with E-state index in [0.29, 0.717) is 32.2 Å². The van der Waals surface area contributed by atoms with E-state index in [9.17, 15) is 18.0 Å². The average molecular weight is 478 g/mol. The van der Waals surface area contributed by atoms with Crippen molar-refractivity contribution >= 4 is 27.5 Å². The Morgan fingerprint density at radius 2 is 1.97 bits per heavy atom. The molecular weight excluding hydrogens is 442 g/mol. The van der Waals surface area contributed by atoms with Crippen LogP contribution >= 0.6 is 0 Å². The van der Waals surface area contributed by atoms with Crippen molar-refractivity contribution in [3.05, 3.63) is 35.9 Å². The molecule has 2 atom stereocenters. The zero-order valence-corrected chi connectivity index (χ0v) is 20.7. The van der Waals surface area contributed by atoms with Crippen molar-refractivity contribution in [1.29, 1.82) is 0 Å². The number of hydrazone groups is 1. The van der Waals surface area contributed by atoms with E-state index in [2.05, 4.69) is 9.82 Å². The summed E-state index contributed by atoms with van der Waals surface area (Å²) in [6.45, 7) is 5.31. The standard InChI is InChI=1S/C23H35N5O4S/c1-5-6-12-18(26-33(31,32)22(2,3)24)20(29)28-14-13-19-23(16-28,21(30)27(4)25-19)15-17-10-8-7-9-11-17/h7-11,18,26H,5-6,12-16,24H2,1-4H3. The molecular formula is C23H35N5O4S. The summed E-state index contributed by atoms with van der Waals surface area (Å²) in [5, 5.41) is 5.84. The topological polar surface area (TPSA) is 125 Å². The van der Waals surface area contributed by atoms with Crippen LogP contribution < -0.4 is 10.5 Å². The maximum Gasteiger partial charge on any atom is 0.256 e. The number of hydrogen-bond acceptors (Lipinski definition) is 6. The fourth-order valence-corrected chi connectivity index (χ4v) is 5.31. The van der Waals surface area contributed by atoms with Crippen molar-refractivity contribution in [3.63, 3.8) is 0 Å². The Labute approximate surface area is 196 Å². The Morgan fingerprint density at radius 1 is 1.30 bits per heavy atom. The maximum atomic E-state index is 13.6. The lowest BCUT2D eigenvalue weighted by atomic mass is 9.73. The molecule has 10 heteroatoms. The number of unbranched alkanes of at least 4 members (excludes halogenated alkanes) is 1. The molecule has 1 aromatic rings. The third-order valence-corrected chi connectivity index (χ3v) is 8.38. The normalized spacial score (nSPS) is 22.2. The summed E-state index contributed by atoms with van der Waals surface area (Å²) in [6.07, 6.45) is 2.75. The van der Waals surface area contributed by atoms with Gasteiger partial charge in [-0.15, -0.1) is 0 Å². The minimum absolute atomic E-state index is 0.146. The van der Waals surface area contributed by atoms with Crippen LogP contribution in [0.25, 0.3) is 0 Å². The zero-order chi connectivity index (χ0) is 24.4. The fourth-order valence-electron chi connectivity index (χ4n) is 4.42. The molecule has 2 aliphatic heterocycles. The van der Waals surface area contributed by atoms with Crippen LogP contribution in [0.2, 0.25) is 0 Å². The van der Waals surface area contributed by atoms with E-state index in [0.717, 1.165) is 17.7 Å². The third-order valence-electron chi connectivity index (χ3n) is 6.40. The first-order chi connectivity index (χ1) is 15.4. The number of carbonyl (C=O) groups excluding carboxylic acids is 2. The van der Waals surface area contributed by atoms with E-state index >= 15 is 0 Å². The van der Waals surface area contributed by atoms with Gasteiger partial charge in [-0.05, 0) is 32.3 Å². The van der Waals surface area contributed by atoms with Crippen molar-refractivity contribution in [1.82, 2.24) is 14.6 Å². The van der Waals surface area contributed by atoms with Gasteiger partial charge >= 0.3 is 0 Å². The van der Waals surface area contributed by atoms with Gasteiger partial charge in [-0.1, -0.05) is 50.1 Å². The van der Waals surface area contributed by atoms with Gasteiger partial charge in [0.1, 0.15) is 16.3 Å². The molecule has 2 unspecified atom stereocenters. The smallest absolute Gasteiger partial charge is 0.256 e. The fraction of sp³-hybridized carbons (Fsp3) is 0.609. The monoisotopic (exact) mass is 477 g/mol. The largest absolute Gasteiger partial charge is 0.339 e. The van der Waals surface area contributed by atoms with E-state index in [4.69, 9.17) is 5.73 Å². The molecule has 3 rings (SSSR count). The predicted molar refractivity (Wildman–Crippen MR) is 128 cm³/mol. The second-order valence-corrected chi connectivity index (χ2v) is 11.8. The molecule has 0 radical (unpaired) electrons. The summed E-state index contributed by atoms with van der Waals surface area (Å²) in [5.41, 5.74) is 6.66. The lowest BCUT2D eigenvalue weighted by Crippen LogP contribution is -2.60. The second kappa shape index (κ2) is 9.52. The van der Waals surface area contributed by atoms with Crippen LogP contribution in [0.1, 0.15) is 52.0 Å². The number of amides is 2. The van der Waals surface area contributed by atoms with E-state index in [1.54, 1.807) is 11.9 Å². The van der Waals surface area contributed by atoms with Crippen LogP contribution in [0.3, 0.4) is 0 Å². The predicted octanol–water partition coefficient (Wildman–Crippen LogP) is 1.45. The van der Waals surface area contributed by atoms with E-state index in [1.807, 2.05) is 37.3 Å². The van der Waals surface area contributed by atoms with Gasteiger partial charge in [0.2, 0.25) is 15.9 Å². The first-order valence-electron chi connectivity index (χ1n) is 11.4. The number of hydrogen-bond donors (Lipinski definition) is 2. The molecule has 182 valence electrons. The molecule has 1 aromatic carbocycles. The van der Waals surface area contributed by atoms with Crippen molar-refractivity contribution in [3.8, 4) is 0 Å². The number of nitrogens with two attached hydrogens (primary N) is 1. The molecule has 0 spiro atoms. The molecule has 3 N–H and O–H groups in total. The number of rotatable bonds is 9. The minimum atomic E-state index is -3.93. The lowest BCUT2D eigenvalue weighted by Gasteiger charge is -2.41. The number of carbonyl (C=O) groups is 2. The molecule has 9 nitrogen and oxygen atoms in total. The summed E-state index contributed by atoms with van der Waals surface area (Å²) in [7, 11) is -2.30. The summed E-state index contributed by atoms with van der Waals surface area (Å²) < 4.78 is 28.0. The Morgan fingerprint density at radius 3 is 2.58 bits per heavy atom. The van der Waals surface area contributed by atoms with Gasteiger partial charge in [0, 0.05) is 26.6 Å². The Balaban J connectivity index is 1.89. The third kappa shape index (κ3) is 5.12. The van der Waals surface area contributed by atoms with Gasteiger partial charge in [-0.3, -0.25) is 9.59 Å². The van der Waals surface area contributed by atoms with Gasteiger partial charge in [0.05, 0.1) is 5.71 Å². The first-order valence-corrected chi connectivity index (χ1v) is 12.9. The maximum absolute atomic E-state index is 13.6. The number of sulfonamides is 1. The highest BCUT2D eigenvalue weighted by Gasteiger charge is 2.54. The van der Waals surface area contributed by atoms with Crippen LogP contribution in [-0.2, 0) is 26.0 Å². The lowest BCUT2D eigenvalue weighted by molar-refractivity contribution is -0.140. The number of likely N-dealkylation sites (tertiary alicyclic amines) is 1. The molecule has 0 aliphatic carbocycles. The van der Waals surface area contributed by atoms with Crippen LogP contribution in [-0.4, -0.2) is 66.9 Å². The zero-order valence-electron chi connectivity index (χ0n) is 19.9. The first kappa shape index (κ1) is 25.3. The molecule has 1 saturated heterocycles. The van der Waals surface area contributed by atoms with Crippen LogP contribution in [0.5, 0.6) is 0 Å². The summed E-state index contributed by atoms with van der Waals surface area (Å²) in [6, 6.07) is 8.74. The summed E-state index contributed by atoms with van der Waals surface area (Å²) in [4.78, 5) is 26.9. The van der Waals surface area contributed by atoms with Gasteiger partial charge in [-0.25, -0.2) is 18.1 Å². The number of nitrogens with one attached hydrogen (secondary N) is 1. The van der Waals surface area contributed by atoms with Gasteiger partial charge in [0.25, 0.3) is 5.91 Å². The highest BCUT2D eigenvalue weighted by molar-refractivity contribution is 7.90. The minimum Gasteiger partial charge on any atom is -0.339 e. The number of piperidine rings is 1. The van der Waals surface area contributed by atoms with Crippen molar-refractivity contribution < 1.29 is 18.0 Å². The Kier molecular flexibility index (Phi) is 7.30. The van der Waals surface area contributed by atoms with E-state index in [1.165, 1.54) is 18.9 Å². The SMILES string of the molecule is CCCCC(NS(=O)(=O)C(C)(C)N)C(=O)N1CCC2=NN(C)C(=O)C2(Cc2ccccc2)C1. The van der Waals surface area contributed by atoms with E-state index < -0.39 is 26.4 Å². The Hall–Kier alpha value is -2.30. The molecule has 2 aliphatic rings. The Bertz CT molecular complexity index is 1020. The molecule has 2 heterocycles. The summed E-state index contributed by atoms with van der Waals surface area (Å²) in [5.74, 6) is -0.474. The van der Waals surface area contributed by atoms with Crippen molar-refractivity contribution in [2.45, 2.75) is 63.8 Å². The van der Waals surface area contributed by atoms with Gasteiger partial charge < -0.3 is 10.6 Å². The molecule has 0 aromatic heterocycles. The number of benzene rings is 1. The molecule has 0 bridgehead atoms. The van der Waals surface area contributed by atoms with Gasteiger partial charge in [0.15, 0.2) is 0 Å². The molecule has 0 saturated carbocycles. The van der Waals surface area contributed by atoms with Crippen molar-refractivity contribution in [2.24, 2.45) is 16.3 Å². The summed E-state index contributed by atoms with van der Waals surface area (Å²) >= 11 is 0. The molecule has 33 heavy (non-hydrogen) atoms. The highest BCUT2D eigenvalue weighted by atomic mass is 32.2. The molecule has 2 amide bonds. The van der Waals surface area contributed by atoms with E-state index in [-0.39, 0.29) is 18.4 Å². The van der Waals surface area contributed by atoms with Crippen LogP contribution in [0.4, 0.5) is 0 Å². The molecule has 1 fully saturated rings. The number of fused-ring (bicyclic) bond motifs is 1.